The van der Waals surface area contributed by atoms with Gasteiger partial charge in [-0.05, 0) is 48.2 Å². The van der Waals surface area contributed by atoms with Crippen LogP contribution in [-0.4, -0.2) is 17.3 Å². The zero-order chi connectivity index (χ0) is 17.2. The van der Waals surface area contributed by atoms with Gasteiger partial charge in [0, 0.05) is 30.4 Å². The van der Waals surface area contributed by atoms with E-state index in [4.69, 9.17) is 0 Å². The lowest BCUT2D eigenvalue weighted by Gasteiger charge is -2.22. The number of aryl methyl sites for hydroxylation is 2. The fourth-order valence-electron chi connectivity index (χ4n) is 2.57. The third kappa shape index (κ3) is 3.61. The first-order valence-electron chi connectivity index (χ1n) is 7.66. The van der Waals surface area contributed by atoms with E-state index in [0.29, 0.717) is 18.0 Å². The quantitative estimate of drug-likeness (QED) is 0.671. The highest BCUT2D eigenvalue weighted by atomic mass is 32.2. The Morgan fingerprint density at radius 1 is 1.08 bits per heavy atom. The van der Waals surface area contributed by atoms with Crippen LogP contribution in [0.5, 0.6) is 0 Å². The third-order valence-electron chi connectivity index (χ3n) is 3.93. The van der Waals surface area contributed by atoms with Crippen LogP contribution in [0.1, 0.15) is 16.1 Å². The van der Waals surface area contributed by atoms with E-state index in [-0.39, 0.29) is 0 Å². The normalized spacial score (nSPS) is 12.0. The van der Waals surface area contributed by atoms with E-state index >= 15 is 0 Å². The molecule has 0 saturated heterocycles. The predicted octanol–water partition coefficient (Wildman–Crippen LogP) is 3.79. The molecule has 2 heterocycles. The summed E-state index contributed by atoms with van der Waals surface area (Å²) in [6.07, 6.45) is 1.93. The molecule has 0 aliphatic carbocycles. The second-order valence-electron chi connectivity index (χ2n) is 5.78. The zero-order valence-electron chi connectivity index (χ0n) is 13.7. The van der Waals surface area contributed by atoms with Crippen molar-refractivity contribution in [2.45, 2.75) is 24.9 Å². The zero-order valence-corrected chi connectivity index (χ0v) is 15.3. The molecule has 6 heteroatoms. The Labute approximate surface area is 147 Å². The minimum Gasteiger partial charge on any atom is -0.353 e. The van der Waals surface area contributed by atoms with Crippen LogP contribution >= 0.6 is 11.3 Å². The molecule has 0 unspecified atom stereocenters. The highest BCUT2D eigenvalue weighted by molar-refractivity contribution is 7.89. The summed E-state index contributed by atoms with van der Waals surface area (Å²) in [5.41, 5.74) is 1.90. The summed E-state index contributed by atoms with van der Waals surface area (Å²) < 4.78 is 29.8. The van der Waals surface area contributed by atoms with Crippen molar-refractivity contribution < 1.29 is 8.42 Å². The summed E-state index contributed by atoms with van der Waals surface area (Å²) in [5, 5.41) is 1.97. The largest absolute Gasteiger partial charge is 0.353 e. The molecule has 3 aromatic rings. The number of sulfonamides is 1. The van der Waals surface area contributed by atoms with Crippen molar-refractivity contribution in [3.05, 3.63) is 76.2 Å². The van der Waals surface area contributed by atoms with Gasteiger partial charge >= 0.3 is 0 Å². The van der Waals surface area contributed by atoms with Gasteiger partial charge in [0.15, 0.2) is 0 Å². The Kier molecular flexibility index (Phi) is 4.89. The van der Waals surface area contributed by atoms with E-state index < -0.39 is 10.0 Å². The fraction of sp³-hybridized carbons (Fsp3) is 0.222. The van der Waals surface area contributed by atoms with Crippen molar-refractivity contribution in [3.8, 4) is 0 Å². The molecule has 0 aliphatic rings. The van der Waals surface area contributed by atoms with Crippen molar-refractivity contribution in [1.82, 2.24) is 8.87 Å². The van der Waals surface area contributed by atoms with Crippen molar-refractivity contribution in [2.24, 2.45) is 7.05 Å². The summed E-state index contributed by atoms with van der Waals surface area (Å²) in [6.45, 7) is 2.62. The molecule has 0 atom stereocenters. The summed E-state index contributed by atoms with van der Waals surface area (Å²) >= 11 is 1.57. The number of aromatic nitrogens is 1. The van der Waals surface area contributed by atoms with Gasteiger partial charge in [-0.3, -0.25) is 0 Å². The predicted molar refractivity (Wildman–Crippen MR) is 97.3 cm³/mol. The minimum absolute atomic E-state index is 0.341. The summed E-state index contributed by atoms with van der Waals surface area (Å²) in [4.78, 5) is 1.37. The van der Waals surface area contributed by atoms with Crippen LogP contribution in [0.4, 0.5) is 0 Å². The van der Waals surface area contributed by atoms with Gasteiger partial charge in [0.2, 0.25) is 10.0 Å². The van der Waals surface area contributed by atoms with E-state index in [1.165, 1.54) is 0 Å². The number of rotatable bonds is 6. The third-order valence-corrected chi connectivity index (χ3v) is 6.58. The van der Waals surface area contributed by atoms with Crippen molar-refractivity contribution in [3.63, 3.8) is 0 Å². The minimum atomic E-state index is -3.57. The monoisotopic (exact) mass is 360 g/mol. The molecule has 24 heavy (non-hydrogen) atoms. The van der Waals surface area contributed by atoms with Gasteiger partial charge < -0.3 is 4.57 Å². The Hall–Kier alpha value is -1.89. The maximum Gasteiger partial charge on any atom is 0.243 e. The highest BCUT2D eigenvalue weighted by Gasteiger charge is 2.26. The highest BCUT2D eigenvalue weighted by Crippen LogP contribution is 2.23. The Morgan fingerprint density at radius 3 is 2.54 bits per heavy atom. The standard InChI is InChI=1S/C18H20N2O2S2/c1-15-6-3-9-18(12-15)24(21,22)20(14-17-8-5-11-23-17)13-16-7-4-10-19(16)2/h3-12H,13-14H2,1-2H3. The van der Waals surface area contributed by atoms with Gasteiger partial charge in [0.05, 0.1) is 11.4 Å². The SMILES string of the molecule is Cc1cccc(S(=O)(=O)N(Cc2cccs2)Cc2cccn2C)c1. The number of thiophene rings is 1. The first-order valence-corrected chi connectivity index (χ1v) is 9.98. The molecule has 0 fully saturated rings. The molecule has 0 radical (unpaired) electrons. The summed E-state index contributed by atoms with van der Waals surface area (Å²) in [7, 11) is -1.64. The number of nitrogens with zero attached hydrogens (tertiary/aromatic N) is 2. The van der Waals surface area contributed by atoms with Gasteiger partial charge in [0.25, 0.3) is 0 Å². The lowest BCUT2D eigenvalue weighted by molar-refractivity contribution is 0.395. The van der Waals surface area contributed by atoms with E-state index in [2.05, 4.69) is 0 Å². The van der Waals surface area contributed by atoms with Gasteiger partial charge in [-0.2, -0.15) is 4.31 Å². The topological polar surface area (TPSA) is 42.3 Å². The van der Waals surface area contributed by atoms with Crippen LogP contribution in [0, 0.1) is 6.92 Å². The Morgan fingerprint density at radius 2 is 1.92 bits per heavy atom. The number of hydrogen-bond acceptors (Lipinski definition) is 3. The van der Waals surface area contributed by atoms with E-state index in [0.717, 1.165) is 16.1 Å². The molecule has 2 aromatic heterocycles. The lowest BCUT2D eigenvalue weighted by Crippen LogP contribution is -2.30. The number of benzene rings is 1. The van der Waals surface area contributed by atoms with Crippen molar-refractivity contribution in [2.75, 3.05) is 0 Å². The van der Waals surface area contributed by atoms with Gasteiger partial charge in [-0.1, -0.05) is 18.2 Å². The van der Waals surface area contributed by atoms with Gasteiger partial charge in [-0.15, -0.1) is 11.3 Å². The van der Waals surface area contributed by atoms with E-state index in [1.54, 1.807) is 33.8 Å². The molecule has 0 N–H and O–H groups in total. The maximum atomic E-state index is 13.2. The first-order chi connectivity index (χ1) is 11.5. The number of hydrogen-bond donors (Lipinski definition) is 0. The molecule has 1 aromatic carbocycles. The first kappa shape index (κ1) is 17.0. The molecule has 0 spiro atoms. The molecule has 4 nitrogen and oxygen atoms in total. The molecule has 0 aliphatic heterocycles. The summed E-state index contributed by atoms with van der Waals surface area (Å²) in [6, 6.07) is 14.9. The van der Waals surface area contributed by atoms with Crippen LogP contribution in [0.2, 0.25) is 0 Å². The summed E-state index contributed by atoms with van der Waals surface area (Å²) in [5.74, 6) is 0. The smallest absolute Gasteiger partial charge is 0.243 e. The van der Waals surface area contributed by atoms with Crippen LogP contribution < -0.4 is 0 Å². The van der Waals surface area contributed by atoms with Crippen LogP contribution in [0.3, 0.4) is 0 Å². The van der Waals surface area contributed by atoms with Gasteiger partial charge in [-0.25, -0.2) is 8.42 Å². The van der Waals surface area contributed by atoms with E-state index in [1.807, 2.05) is 60.4 Å². The molecule has 0 saturated carbocycles. The van der Waals surface area contributed by atoms with Crippen molar-refractivity contribution >= 4 is 21.4 Å². The fourth-order valence-corrected chi connectivity index (χ4v) is 4.86. The average molecular weight is 361 g/mol. The molecule has 3 rings (SSSR count). The molecular formula is C18H20N2O2S2. The molecule has 0 bridgehead atoms. The van der Waals surface area contributed by atoms with Crippen LogP contribution in [0.25, 0.3) is 0 Å². The lowest BCUT2D eigenvalue weighted by atomic mass is 10.2. The average Bonchev–Trinajstić information content (AvgIpc) is 3.19. The molecule has 126 valence electrons. The Bertz CT molecular complexity index is 912. The second-order valence-corrected chi connectivity index (χ2v) is 8.75. The van der Waals surface area contributed by atoms with Crippen LogP contribution in [0.15, 0.2) is 65.0 Å². The van der Waals surface area contributed by atoms with Crippen molar-refractivity contribution in [1.29, 1.82) is 0 Å². The van der Waals surface area contributed by atoms with Crippen LogP contribution in [-0.2, 0) is 30.2 Å². The molecule has 0 amide bonds. The van der Waals surface area contributed by atoms with Gasteiger partial charge in [0.1, 0.15) is 0 Å². The second kappa shape index (κ2) is 6.93. The maximum absolute atomic E-state index is 13.2. The Balaban J connectivity index is 1.98. The molecular weight excluding hydrogens is 340 g/mol. The van der Waals surface area contributed by atoms with E-state index in [9.17, 15) is 8.42 Å².